The maximum Gasteiger partial charge on any atom is 0.225 e. The smallest absolute Gasteiger partial charge is 0.225 e. The van der Waals surface area contributed by atoms with E-state index in [0.717, 1.165) is 18.4 Å². The Bertz CT molecular complexity index is 445. The minimum atomic E-state index is -0.752. The van der Waals surface area contributed by atoms with Crippen LogP contribution in [-0.2, 0) is 10.4 Å². The van der Waals surface area contributed by atoms with Gasteiger partial charge in [-0.3, -0.25) is 4.79 Å². The highest BCUT2D eigenvalue weighted by Gasteiger charge is 2.37. The Morgan fingerprint density at radius 1 is 1.16 bits per heavy atom. The molecule has 2 fully saturated rings. The zero-order valence-electron chi connectivity index (χ0n) is 11.2. The molecule has 1 saturated carbocycles. The van der Waals surface area contributed by atoms with Gasteiger partial charge in [0.2, 0.25) is 5.91 Å². The molecule has 0 atom stereocenters. The summed E-state index contributed by atoms with van der Waals surface area (Å²) in [4.78, 5) is 14.1. The highest BCUT2D eigenvalue weighted by molar-refractivity contribution is 5.79. The minimum absolute atomic E-state index is 0.267. The third kappa shape index (κ3) is 2.39. The minimum Gasteiger partial charge on any atom is -0.385 e. The van der Waals surface area contributed by atoms with Gasteiger partial charge in [-0.15, -0.1) is 0 Å². The van der Waals surface area contributed by atoms with Gasteiger partial charge in [-0.05, 0) is 31.2 Å². The van der Waals surface area contributed by atoms with E-state index >= 15 is 0 Å². The first-order valence-corrected chi connectivity index (χ1v) is 7.26. The van der Waals surface area contributed by atoms with Crippen LogP contribution in [0.15, 0.2) is 30.3 Å². The van der Waals surface area contributed by atoms with Crippen molar-refractivity contribution in [3.8, 4) is 0 Å². The van der Waals surface area contributed by atoms with Crippen LogP contribution in [0.25, 0.3) is 0 Å². The Balaban J connectivity index is 1.64. The van der Waals surface area contributed by atoms with Crippen LogP contribution in [0.3, 0.4) is 0 Å². The number of carbonyl (C=O) groups excluding carboxylic acids is 1. The third-order valence-corrected chi connectivity index (χ3v) is 4.67. The predicted octanol–water partition coefficient (Wildman–Crippen LogP) is 2.30. The van der Waals surface area contributed by atoms with Crippen LogP contribution >= 0.6 is 0 Å². The van der Waals surface area contributed by atoms with Crippen molar-refractivity contribution in [2.45, 2.75) is 37.7 Å². The van der Waals surface area contributed by atoms with Crippen LogP contribution in [0.2, 0.25) is 0 Å². The lowest BCUT2D eigenvalue weighted by atomic mass is 9.81. The Morgan fingerprint density at radius 2 is 1.79 bits per heavy atom. The highest BCUT2D eigenvalue weighted by atomic mass is 16.3. The molecule has 1 aromatic carbocycles. The fourth-order valence-corrected chi connectivity index (χ4v) is 3.05. The topological polar surface area (TPSA) is 40.5 Å². The van der Waals surface area contributed by atoms with Crippen molar-refractivity contribution in [1.29, 1.82) is 0 Å². The molecule has 102 valence electrons. The molecule has 1 aromatic rings. The van der Waals surface area contributed by atoms with Gasteiger partial charge in [0.25, 0.3) is 0 Å². The molecular formula is C16H21NO2. The summed E-state index contributed by atoms with van der Waals surface area (Å²) in [5.41, 5.74) is 0.225. The molecule has 0 bridgehead atoms. The molecule has 1 N–H and O–H groups in total. The van der Waals surface area contributed by atoms with Gasteiger partial charge in [0.15, 0.2) is 0 Å². The number of likely N-dealkylation sites (tertiary alicyclic amines) is 1. The van der Waals surface area contributed by atoms with Crippen LogP contribution in [0.1, 0.15) is 37.7 Å². The number of hydrogen-bond donors (Lipinski definition) is 1. The molecular weight excluding hydrogens is 238 g/mol. The van der Waals surface area contributed by atoms with Crippen LogP contribution in [0.4, 0.5) is 0 Å². The Hall–Kier alpha value is -1.35. The molecule has 3 heteroatoms. The number of benzene rings is 1. The summed E-state index contributed by atoms with van der Waals surface area (Å²) in [6.45, 7) is 1.36. The van der Waals surface area contributed by atoms with E-state index in [1.54, 1.807) is 0 Å². The van der Waals surface area contributed by atoms with Crippen LogP contribution in [-0.4, -0.2) is 29.0 Å². The normalized spacial score (nSPS) is 22.9. The molecule has 1 amide bonds. The lowest BCUT2D eigenvalue weighted by Gasteiger charge is -2.40. The maximum atomic E-state index is 12.2. The predicted molar refractivity (Wildman–Crippen MR) is 73.5 cm³/mol. The number of amides is 1. The zero-order valence-corrected chi connectivity index (χ0v) is 11.2. The Labute approximate surface area is 114 Å². The first-order chi connectivity index (χ1) is 9.19. The molecule has 1 aliphatic heterocycles. The SMILES string of the molecule is O=C(C1CCC1)N1CCC(O)(c2ccccc2)CC1. The lowest BCUT2D eigenvalue weighted by molar-refractivity contribution is -0.142. The molecule has 19 heavy (non-hydrogen) atoms. The number of hydrogen-bond acceptors (Lipinski definition) is 2. The fourth-order valence-electron chi connectivity index (χ4n) is 3.05. The van der Waals surface area contributed by atoms with Gasteiger partial charge in [-0.2, -0.15) is 0 Å². The van der Waals surface area contributed by atoms with Gasteiger partial charge in [-0.1, -0.05) is 36.8 Å². The van der Waals surface area contributed by atoms with Crippen molar-refractivity contribution in [2.24, 2.45) is 5.92 Å². The van der Waals surface area contributed by atoms with Crippen molar-refractivity contribution in [1.82, 2.24) is 4.90 Å². The van der Waals surface area contributed by atoms with Crippen molar-refractivity contribution in [3.63, 3.8) is 0 Å². The van der Waals surface area contributed by atoms with Crippen molar-refractivity contribution in [2.75, 3.05) is 13.1 Å². The van der Waals surface area contributed by atoms with E-state index < -0.39 is 5.60 Å². The first kappa shape index (κ1) is 12.7. The summed E-state index contributed by atoms with van der Waals surface area (Å²) in [6.07, 6.45) is 4.60. The quantitative estimate of drug-likeness (QED) is 0.885. The van der Waals surface area contributed by atoms with Crippen molar-refractivity contribution in [3.05, 3.63) is 35.9 Å². The number of aliphatic hydroxyl groups is 1. The summed E-state index contributed by atoms with van der Waals surface area (Å²) in [5, 5.41) is 10.7. The lowest BCUT2D eigenvalue weighted by Crippen LogP contribution is -2.48. The largest absolute Gasteiger partial charge is 0.385 e. The van der Waals surface area contributed by atoms with E-state index in [-0.39, 0.29) is 5.92 Å². The average molecular weight is 259 g/mol. The molecule has 3 nitrogen and oxygen atoms in total. The van der Waals surface area contributed by atoms with Gasteiger partial charge in [-0.25, -0.2) is 0 Å². The molecule has 3 rings (SSSR count). The third-order valence-electron chi connectivity index (χ3n) is 4.67. The second-order valence-corrected chi connectivity index (χ2v) is 5.85. The van der Waals surface area contributed by atoms with E-state index in [9.17, 15) is 9.90 Å². The van der Waals surface area contributed by atoms with Gasteiger partial charge in [0.05, 0.1) is 5.60 Å². The maximum absolute atomic E-state index is 12.2. The van der Waals surface area contributed by atoms with Gasteiger partial charge in [0.1, 0.15) is 0 Å². The molecule has 0 radical (unpaired) electrons. The van der Waals surface area contributed by atoms with E-state index in [0.29, 0.717) is 31.8 Å². The van der Waals surface area contributed by atoms with Crippen LogP contribution in [0.5, 0.6) is 0 Å². The molecule has 0 spiro atoms. The monoisotopic (exact) mass is 259 g/mol. The van der Waals surface area contributed by atoms with E-state index in [1.165, 1.54) is 6.42 Å². The van der Waals surface area contributed by atoms with Crippen molar-refractivity contribution < 1.29 is 9.90 Å². The molecule has 0 aromatic heterocycles. The van der Waals surface area contributed by atoms with Gasteiger partial charge >= 0.3 is 0 Å². The van der Waals surface area contributed by atoms with Crippen LogP contribution in [0, 0.1) is 5.92 Å². The molecule has 1 heterocycles. The number of nitrogens with zero attached hydrogens (tertiary/aromatic N) is 1. The van der Waals surface area contributed by atoms with Crippen molar-refractivity contribution >= 4 is 5.91 Å². The van der Waals surface area contributed by atoms with E-state index in [4.69, 9.17) is 0 Å². The van der Waals surface area contributed by atoms with Gasteiger partial charge < -0.3 is 10.0 Å². The molecule has 1 aliphatic carbocycles. The fraction of sp³-hybridized carbons (Fsp3) is 0.562. The highest BCUT2D eigenvalue weighted by Crippen LogP contribution is 2.35. The first-order valence-electron chi connectivity index (χ1n) is 7.26. The second kappa shape index (κ2) is 4.97. The van der Waals surface area contributed by atoms with E-state index in [1.807, 2.05) is 35.2 Å². The second-order valence-electron chi connectivity index (χ2n) is 5.85. The standard InChI is InChI=1S/C16H21NO2/c18-15(13-5-4-6-13)17-11-9-16(19,10-12-17)14-7-2-1-3-8-14/h1-3,7-8,13,19H,4-6,9-12H2. The number of rotatable bonds is 2. The molecule has 2 aliphatic rings. The van der Waals surface area contributed by atoms with Crippen LogP contribution < -0.4 is 0 Å². The van der Waals surface area contributed by atoms with E-state index in [2.05, 4.69) is 0 Å². The Kier molecular flexibility index (Phi) is 3.31. The average Bonchev–Trinajstić information content (AvgIpc) is 2.38. The zero-order chi connectivity index (χ0) is 13.3. The van der Waals surface area contributed by atoms with Gasteiger partial charge in [0, 0.05) is 19.0 Å². The summed E-state index contributed by atoms with van der Waals surface area (Å²) in [5.74, 6) is 0.573. The summed E-state index contributed by atoms with van der Waals surface area (Å²) < 4.78 is 0. The number of piperidine rings is 1. The summed E-state index contributed by atoms with van der Waals surface area (Å²) >= 11 is 0. The number of carbonyl (C=O) groups is 1. The molecule has 1 saturated heterocycles. The summed E-state index contributed by atoms with van der Waals surface area (Å²) in [6, 6.07) is 9.83. The summed E-state index contributed by atoms with van der Waals surface area (Å²) in [7, 11) is 0. The Morgan fingerprint density at radius 3 is 2.32 bits per heavy atom. The molecule has 0 unspecified atom stereocenters.